The Bertz CT molecular complexity index is 782. The number of carbonyl (C=O) groups is 4. The Labute approximate surface area is 147 Å². The van der Waals surface area contributed by atoms with Gasteiger partial charge in [-0.1, -0.05) is 0 Å². The number of β-amino-alcohol motifs (C(OH)–C–C–N with tert-alkyl or cyclic N) is 1. The van der Waals surface area contributed by atoms with Gasteiger partial charge in [0.1, 0.15) is 5.70 Å². The van der Waals surface area contributed by atoms with Crippen LogP contribution in [0.3, 0.4) is 0 Å². The third kappa shape index (κ3) is 3.81. The average molecular weight is 364 g/mol. The average Bonchev–Trinajstić information content (AvgIpc) is 2.90. The second-order valence-electron chi connectivity index (χ2n) is 5.33. The molecule has 2 rings (SSSR count). The van der Waals surface area contributed by atoms with Crippen LogP contribution in [0, 0.1) is 0 Å². The maximum atomic E-state index is 12.4. The van der Waals surface area contributed by atoms with Gasteiger partial charge < -0.3 is 30.3 Å². The van der Waals surface area contributed by atoms with Gasteiger partial charge in [0.25, 0.3) is 5.91 Å². The fraction of sp³-hybridized carbons (Fsp3) is 0.250. The summed E-state index contributed by atoms with van der Waals surface area (Å²) in [5, 5.41) is 29.8. The highest BCUT2D eigenvalue weighted by molar-refractivity contribution is 6.09. The Kier molecular flexibility index (Phi) is 5.58. The first kappa shape index (κ1) is 18.9. The number of rotatable bonds is 7. The predicted molar refractivity (Wildman–Crippen MR) is 86.7 cm³/mol. The van der Waals surface area contributed by atoms with E-state index in [9.17, 15) is 19.2 Å². The second-order valence-corrected chi connectivity index (χ2v) is 5.33. The number of esters is 1. The summed E-state index contributed by atoms with van der Waals surface area (Å²) in [6.45, 7) is -0.427. The Hall–Kier alpha value is -3.40. The molecular weight excluding hydrogens is 348 g/mol. The topological polar surface area (TPSA) is 153 Å². The van der Waals surface area contributed by atoms with E-state index in [0.717, 1.165) is 25.3 Å². The summed E-state index contributed by atoms with van der Waals surface area (Å²) < 4.78 is 4.63. The van der Waals surface area contributed by atoms with Gasteiger partial charge in [0, 0.05) is 12.2 Å². The van der Waals surface area contributed by atoms with Crippen molar-refractivity contribution < 1.29 is 39.2 Å². The van der Waals surface area contributed by atoms with E-state index in [-0.39, 0.29) is 47.8 Å². The molecule has 0 radical (unpaired) electrons. The van der Waals surface area contributed by atoms with Gasteiger partial charge in [-0.25, -0.2) is 14.4 Å². The van der Waals surface area contributed by atoms with E-state index < -0.39 is 23.8 Å². The Balaban J connectivity index is 2.46. The smallest absolute Gasteiger partial charge is 0.337 e. The van der Waals surface area contributed by atoms with Crippen LogP contribution in [0.15, 0.2) is 29.5 Å². The minimum Gasteiger partial charge on any atom is -0.478 e. The Morgan fingerprint density at radius 1 is 1.15 bits per heavy atom. The van der Waals surface area contributed by atoms with Crippen molar-refractivity contribution in [3.05, 3.63) is 40.6 Å². The summed E-state index contributed by atoms with van der Waals surface area (Å²) in [4.78, 5) is 47.9. The third-order valence-electron chi connectivity index (χ3n) is 3.65. The van der Waals surface area contributed by atoms with E-state index in [2.05, 4.69) is 10.1 Å². The molecule has 0 aliphatic carbocycles. The van der Waals surface area contributed by atoms with E-state index in [1.165, 1.54) is 4.90 Å². The lowest BCUT2D eigenvalue weighted by Gasteiger charge is -2.15. The van der Waals surface area contributed by atoms with Gasteiger partial charge in [0.2, 0.25) is 0 Å². The molecule has 26 heavy (non-hydrogen) atoms. The van der Waals surface area contributed by atoms with Gasteiger partial charge in [0.05, 0.1) is 37.0 Å². The number of nitrogens with zero attached hydrogens (tertiary/aromatic N) is 1. The molecule has 138 valence electrons. The van der Waals surface area contributed by atoms with Crippen molar-refractivity contribution in [2.45, 2.75) is 0 Å². The fourth-order valence-corrected chi connectivity index (χ4v) is 2.44. The van der Waals surface area contributed by atoms with Gasteiger partial charge in [-0.3, -0.25) is 4.79 Å². The van der Waals surface area contributed by atoms with Gasteiger partial charge in [0.15, 0.2) is 0 Å². The number of carboxylic acid groups (broad SMARTS) is 2. The highest BCUT2D eigenvalue weighted by Gasteiger charge is 2.34. The van der Waals surface area contributed by atoms with Crippen molar-refractivity contribution in [3.63, 3.8) is 0 Å². The Morgan fingerprint density at radius 3 is 2.19 bits per heavy atom. The van der Waals surface area contributed by atoms with E-state index in [4.69, 9.17) is 15.3 Å². The maximum absolute atomic E-state index is 12.4. The first-order valence-corrected chi connectivity index (χ1v) is 7.38. The van der Waals surface area contributed by atoms with Gasteiger partial charge in [-0.05, 0) is 18.2 Å². The SMILES string of the molecule is COC(=O)C1=C(Nc2cc(C(=O)O)cc(C(=O)O)c2)C(=O)N(CCO)C1. The van der Waals surface area contributed by atoms with Crippen LogP contribution >= 0.6 is 0 Å². The van der Waals surface area contributed by atoms with Crippen LogP contribution in [0.1, 0.15) is 20.7 Å². The number of hydrogen-bond acceptors (Lipinski definition) is 7. The zero-order valence-corrected chi connectivity index (χ0v) is 13.7. The summed E-state index contributed by atoms with van der Waals surface area (Å²) in [5.74, 6) is -4.07. The van der Waals surface area contributed by atoms with E-state index in [0.29, 0.717) is 0 Å². The predicted octanol–water partition coefficient (Wildman–Crippen LogP) is -0.243. The second kappa shape index (κ2) is 7.66. The first-order valence-electron chi connectivity index (χ1n) is 7.38. The van der Waals surface area contributed by atoms with E-state index in [1.54, 1.807) is 0 Å². The van der Waals surface area contributed by atoms with Crippen LogP contribution in [-0.4, -0.2) is 70.8 Å². The number of aliphatic hydroxyl groups excluding tert-OH is 1. The van der Waals surface area contributed by atoms with Crippen LogP contribution in [0.5, 0.6) is 0 Å². The molecule has 4 N–H and O–H groups in total. The quantitative estimate of drug-likeness (QED) is 0.480. The number of benzene rings is 1. The van der Waals surface area contributed by atoms with Crippen molar-refractivity contribution in [3.8, 4) is 0 Å². The molecule has 0 saturated heterocycles. The number of ether oxygens (including phenoxy) is 1. The number of hydrogen-bond donors (Lipinski definition) is 4. The lowest BCUT2D eigenvalue weighted by Crippen LogP contribution is -2.31. The fourth-order valence-electron chi connectivity index (χ4n) is 2.44. The van der Waals surface area contributed by atoms with Crippen LogP contribution in [0.2, 0.25) is 0 Å². The molecule has 1 aliphatic rings. The number of methoxy groups -OCH3 is 1. The molecule has 1 amide bonds. The lowest BCUT2D eigenvalue weighted by atomic mass is 10.1. The number of anilines is 1. The molecule has 0 atom stereocenters. The third-order valence-corrected chi connectivity index (χ3v) is 3.65. The largest absolute Gasteiger partial charge is 0.478 e. The summed E-state index contributed by atoms with van der Waals surface area (Å²) in [6.07, 6.45) is 0. The maximum Gasteiger partial charge on any atom is 0.337 e. The molecule has 0 unspecified atom stereocenters. The van der Waals surface area contributed by atoms with E-state index in [1.807, 2.05) is 0 Å². The number of amides is 1. The number of carboxylic acids is 2. The molecule has 1 heterocycles. The van der Waals surface area contributed by atoms with Crippen molar-refractivity contribution in [2.75, 3.05) is 32.1 Å². The molecular formula is C16H16N2O8. The molecule has 1 aliphatic heterocycles. The molecule has 0 fully saturated rings. The molecule has 0 spiro atoms. The number of aromatic carboxylic acids is 2. The summed E-state index contributed by atoms with van der Waals surface area (Å²) in [5.41, 5.74) is -0.763. The summed E-state index contributed by atoms with van der Waals surface area (Å²) in [6, 6.07) is 3.25. The molecule has 1 aromatic rings. The van der Waals surface area contributed by atoms with Crippen LogP contribution < -0.4 is 5.32 Å². The van der Waals surface area contributed by atoms with Gasteiger partial charge in [-0.15, -0.1) is 0 Å². The molecule has 10 heteroatoms. The van der Waals surface area contributed by atoms with Crippen molar-refractivity contribution >= 4 is 29.5 Å². The molecule has 0 saturated carbocycles. The minimum atomic E-state index is -1.35. The molecule has 10 nitrogen and oxygen atoms in total. The molecule has 0 bridgehead atoms. The van der Waals surface area contributed by atoms with Crippen molar-refractivity contribution in [2.24, 2.45) is 0 Å². The highest BCUT2D eigenvalue weighted by atomic mass is 16.5. The zero-order chi connectivity index (χ0) is 19.4. The van der Waals surface area contributed by atoms with Crippen LogP contribution in [-0.2, 0) is 14.3 Å². The van der Waals surface area contributed by atoms with Crippen LogP contribution in [0.4, 0.5) is 5.69 Å². The summed E-state index contributed by atoms with van der Waals surface area (Å²) in [7, 11) is 1.14. The number of aliphatic hydroxyl groups is 1. The monoisotopic (exact) mass is 364 g/mol. The molecule has 0 aromatic heterocycles. The normalized spacial score (nSPS) is 13.8. The standard InChI is InChI=1S/C16H16N2O8/c1-26-16(25)11-7-18(2-3-19)13(20)12(11)17-10-5-8(14(21)22)4-9(6-10)15(23)24/h4-6,17,19H,2-3,7H2,1H3,(H,21,22)(H,23,24). The van der Waals surface area contributed by atoms with Gasteiger partial charge >= 0.3 is 17.9 Å². The highest BCUT2D eigenvalue weighted by Crippen LogP contribution is 2.24. The van der Waals surface area contributed by atoms with Crippen molar-refractivity contribution in [1.82, 2.24) is 4.90 Å². The van der Waals surface area contributed by atoms with Gasteiger partial charge in [-0.2, -0.15) is 0 Å². The number of nitrogens with one attached hydrogen (secondary N) is 1. The lowest BCUT2D eigenvalue weighted by molar-refractivity contribution is -0.136. The summed E-state index contributed by atoms with van der Waals surface area (Å²) >= 11 is 0. The molecule has 1 aromatic carbocycles. The first-order chi connectivity index (χ1) is 12.3. The van der Waals surface area contributed by atoms with E-state index >= 15 is 0 Å². The minimum absolute atomic E-state index is 0.0106. The number of carbonyl (C=O) groups excluding carboxylic acids is 2. The van der Waals surface area contributed by atoms with Crippen LogP contribution in [0.25, 0.3) is 0 Å². The Morgan fingerprint density at radius 2 is 1.73 bits per heavy atom. The zero-order valence-electron chi connectivity index (χ0n) is 13.7. The van der Waals surface area contributed by atoms with Crippen molar-refractivity contribution in [1.29, 1.82) is 0 Å².